The van der Waals surface area contributed by atoms with Crippen molar-refractivity contribution >= 4 is 5.97 Å². The lowest BCUT2D eigenvalue weighted by molar-refractivity contribution is -0.307. The second-order valence-corrected chi connectivity index (χ2v) is 6.12. The Labute approximate surface area is 150 Å². The van der Waals surface area contributed by atoms with Crippen molar-refractivity contribution in [3.63, 3.8) is 0 Å². The molecule has 0 N–H and O–H groups in total. The van der Waals surface area contributed by atoms with Crippen molar-refractivity contribution in [3.8, 4) is 0 Å². The fraction of sp³-hybridized carbons (Fsp3) is 0.444. The summed E-state index contributed by atoms with van der Waals surface area (Å²) in [4.78, 5) is 11.6. The Bertz CT molecular complexity index is 777. The maximum atomic E-state index is 11.6. The highest BCUT2D eigenvalue weighted by molar-refractivity contribution is 5.68. The average Bonchev–Trinajstić information content (AvgIpc) is 3.11. The highest BCUT2D eigenvalue weighted by Gasteiger charge is 2.44. The number of nitrogens with zero attached hydrogens (tertiary/aromatic N) is 2. The van der Waals surface area contributed by atoms with Gasteiger partial charge in [-0.25, -0.2) is 0 Å². The first kappa shape index (κ1) is 17.2. The number of benzene rings is 1. The first-order valence-corrected chi connectivity index (χ1v) is 8.34. The SMILES string of the molecule is COC(=O)Cn1cc2c(n1)[C@@H]1O[C@H](c3ccccc3)OC[C@H]1O[C@@H]2OC. The zero-order chi connectivity index (χ0) is 18.1. The van der Waals surface area contributed by atoms with Crippen LogP contribution in [-0.2, 0) is 35.0 Å². The van der Waals surface area contributed by atoms with Crippen LogP contribution in [0.5, 0.6) is 0 Å². The molecule has 0 radical (unpaired) electrons. The standard InChI is InChI=1S/C18H20N2O6/c1-22-14(21)9-20-8-12-15(19-20)16-13(25-18(12)23-2)10-24-17(26-16)11-6-4-3-5-7-11/h3-8,13,16-18H,9-10H2,1-2H3/t13-,16-,17-,18+/m1/s1. The van der Waals surface area contributed by atoms with Gasteiger partial charge in [-0.15, -0.1) is 0 Å². The molecule has 0 unspecified atom stereocenters. The Morgan fingerprint density at radius 3 is 2.81 bits per heavy atom. The number of ether oxygens (including phenoxy) is 5. The van der Waals surface area contributed by atoms with Crippen molar-refractivity contribution in [3.05, 3.63) is 53.3 Å². The molecule has 0 spiro atoms. The topological polar surface area (TPSA) is 81.0 Å². The number of hydrogen-bond acceptors (Lipinski definition) is 7. The van der Waals surface area contributed by atoms with E-state index in [1.165, 1.54) is 11.8 Å². The minimum absolute atomic E-state index is 0.00986. The van der Waals surface area contributed by atoms with E-state index in [0.29, 0.717) is 12.3 Å². The Morgan fingerprint density at radius 2 is 2.08 bits per heavy atom. The lowest BCUT2D eigenvalue weighted by atomic mass is 10.0. The van der Waals surface area contributed by atoms with Gasteiger partial charge >= 0.3 is 5.97 Å². The molecule has 0 saturated carbocycles. The van der Waals surface area contributed by atoms with Gasteiger partial charge in [-0.1, -0.05) is 30.3 Å². The molecule has 8 heteroatoms. The van der Waals surface area contributed by atoms with Crippen molar-refractivity contribution in [2.45, 2.75) is 31.3 Å². The molecule has 0 aliphatic carbocycles. The van der Waals surface area contributed by atoms with Crippen molar-refractivity contribution in [2.24, 2.45) is 0 Å². The predicted molar refractivity (Wildman–Crippen MR) is 87.8 cm³/mol. The van der Waals surface area contributed by atoms with E-state index >= 15 is 0 Å². The van der Waals surface area contributed by atoms with Crippen LogP contribution in [0.15, 0.2) is 36.5 Å². The molecule has 2 aliphatic heterocycles. The second kappa shape index (κ2) is 7.16. The van der Waals surface area contributed by atoms with E-state index in [0.717, 1.165) is 11.1 Å². The van der Waals surface area contributed by atoms with Crippen LogP contribution in [-0.4, -0.2) is 42.7 Å². The van der Waals surface area contributed by atoms with Gasteiger partial charge in [-0.3, -0.25) is 9.48 Å². The number of esters is 1. The summed E-state index contributed by atoms with van der Waals surface area (Å²) in [6.45, 7) is 0.364. The monoisotopic (exact) mass is 360 g/mol. The molecule has 4 rings (SSSR count). The molecule has 3 heterocycles. The Hall–Kier alpha value is -2.26. The van der Waals surface area contributed by atoms with E-state index < -0.39 is 18.7 Å². The summed E-state index contributed by atoms with van der Waals surface area (Å²) < 4.78 is 29.6. The molecule has 8 nitrogen and oxygen atoms in total. The molecule has 1 saturated heterocycles. The quantitative estimate of drug-likeness (QED) is 0.770. The third-order valence-corrected chi connectivity index (χ3v) is 4.47. The largest absolute Gasteiger partial charge is 0.468 e. The Kier molecular flexibility index (Phi) is 4.73. The van der Waals surface area contributed by atoms with Gasteiger partial charge in [-0.05, 0) is 0 Å². The fourth-order valence-electron chi connectivity index (χ4n) is 3.21. The third kappa shape index (κ3) is 3.12. The van der Waals surface area contributed by atoms with Gasteiger partial charge in [0.1, 0.15) is 24.4 Å². The summed E-state index contributed by atoms with van der Waals surface area (Å²) in [6, 6.07) is 9.70. The van der Waals surface area contributed by atoms with Crippen LogP contribution in [0.1, 0.15) is 35.5 Å². The van der Waals surface area contributed by atoms with Crippen LogP contribution in [0, 0.1) is 0 Å². The summed E-state index contributed by atoms with van der Waals surface area (Å²) in [5, 5.41) is 4.52. The number of aromatic nitrogens is 2. The summed E-state index contributed by atoms with van der Waals surface area (Å²) in [5.41, 5.74) is 2.36. The lowest BCUT2D eigenvalue weighted by Gasteiger charge is -2.40. The third-order valence-electron chi connectivity index (χ3n) is 4.47. The number of methoxy groups -OCH3 is 2. The second-order valence-electron chi connectivity index (χ2n) is 6.12. The van der Waals surface area contributed by atoms with E-state index in [-0.39, 0.29) is 18.6 Å². The van der Waals surface area contributed by atoms with E-state index in [4.69, 9.17) is 23.7 Å². The summed E-state index contributed by atoms with van der Waals surface area (Å²) in [5.74, 6) is -0.383. The van der Waals surface area contributed by atoms with Crippen molar-refractivity contribution < 1.29 is 28.5 Å². The average molecular weight is 360 g/mol. The lowest BCUT2D eigenvalue weighted by Crippen LogP contribution is -2.41. The highest BCUT2D eigenvalue weighted by Crippen LogP contribution is 2.43. The van der Waals surface area contributed by atoms with Crippen LogP contribution < -0.4 is 0 Å². The number of carbonyl (C=O) groups excluding carboxylic acids is 1. The van der Waals surface area contributed by atoms with Crippen molar-refractivity contribution in [1.82, 2.24) is 9.78 Å². The van der Waals surface area contributed by atoms with Gasteiger partial charge in [0.15, 0.2) is 12.6 Å². The van der Waals surface area contributed by atoms with Gasteiger partial charge < -0.3 is 23.7 Å². The molecule has 138 valence electrons. The molecule has 1 aromatic heterocycles. The number of carbonyl (C=O) groups is 1. The van der Waals surface area contributed by atoms with Gasteiger partial charge in [-0.2, -0.15) is 5.10 Å². The minimum Gasteiger partial charge on any atom is -0.468 e. The maximum Gasteiger partial charge on any atom is 0.327 e. The maximum absolute atomic E-state index is 11.6. The summed E-state index contributed by atoms with van der Waals surface area (Å²) >= 11 is 0. The number of hydrogen-bond donors (Lipinski definition) is 0. The predicted octanol–water partition coefficient (Wildman–Crippen LogP) is 1.89. The molecule has 2 aromatic rings. The number of rotatable bonds is 4. The van der Waals surface area contributed by atoms with Gasteiger partial charge in [0.05, 0.1) is 19.3 Å². The van der Waals surface area contributed by atoms with E-state index in [2.05, 4.69) is 5.10 Å². The van der Waals surface area contributed by atoms with Crippen LogP contribution in [0.3, 0.4) is 0 Å². The van der Waals surface area contributed by atoms with Crippen LogP contribution in [0.2, 0.25) is 0 Å². The zero-order valence-corrected chi connectivity index (χ0v) is 14.5. The smallest absolute Gasteiger partial charge is 0.327 e. The molecule has 0 bridgehead atoms. The highest BCUT2D eigenvalue weighted by atomic mass is 16.7. The normalized spacial score (nSPS) is 27.5. The zero-order valence-electron chi connectivity index (χ0n) is 14.5. The van der Waals surface area contributed by atoms with Crippen LogP contribution in [0.25, 0.3) is 0 Å². The minimum atomic E-state index is -0.585. The number of fused-ring (bicyclic) bond motifs is 3. The van der Waals surface area contributed by atoms with E-state index in [9.17, 15) is 4.79 Å². The van der Waals surface area contributed by atoms with Gasteiger partial charge in [0, 0.05) is 18.9 Å². The first-order valence-electron chi connectivity index (χ1n) is 8.34. The van der Waals surface area contributed by atoms with E-state index in [1.54, 1.807) is 13.3 Å². The van der Waals surface area contributed by atoms with Gasteiger partial charge in [0.2, 0.25) is 0 Å². The molecule has 26 heavy (non-hydrogen) atoms. The van der Waals surface area contributed by atoms with Crippen molar-refractivity contribution in [2.75, 3.05) is 20.8 Å². The Morgan fingerprint density at radius 1 is 1.27 bits per heavy atom. The summed E-state index contributed by atoms with van der Waals surface area (Å²) in [6.07, 6.45) is -0.104. The van der Waals surface area contributed by atoms with Gasteiger partial charge in [0.25, 0.3) is 0 Å². The Balaban J connectivity index is 1.63. The summed E-state index contributed by atoms with van der Waals surface area (Å²) in [7, 11) is 2.90. The van der Waals surface area contributed by atoms with Crippen LogP contribution >= 0.6 is 0 Å². The molecular weight excluding hydrogens is 340 g/mol. The molecule has 0 amide bonds. The molecule has 4 atom stereocenters. The fourth-order valence-corrected chi connectivity index (χ4v) is 3.21. The molecule has 2 aliphatic rings. The van der Waals surface area contributed by atoms with E-state index in [1.807, 2.05) is 30.3 Å². The molecule has 1 fully saturated rings. The van der Waals surface area contributed by atoms with Crippen LogP contribution in [0.4, 0.5) is 0 Å². The van der Waals surface area contributed by atoms with Crippen molar-refractivity contribution in [1.29, 1.82) is 0 Å². The first-order chi connectivity index (χ1) is 12.7. The molecule has 1 aromatic carbocycles. The molecular formula is C18H20N2O6.